The fourth-order valence-corrected chi connectivity index (χ4v) is 3.37. The molecule has 2 rings (SSSR count). The molecule has 1 heterocycles. The molecule has 2 fully saturated rings. The highest BCUT2D eigenvalue weighted by Gasteiger charge is 2.48. The molecule has 0 aromatic rings. The lowest BCUT2D eigenvalue weighted by Gasteiger charge is -2.41. The van der Waals surface area contributed by atoms with Crippen LogP contribution in [0.3, 0.4) is 0 Å². The molecule has 0 bridgehead atoms. The number of carbonyl (C=O) groups excluding carboxylic acids is 1. The summed E-state index contributed by atoms with van der Waals surface area (Å²) in [6.07, 6.45) is 5.47. The minimum atomic E-state index is -0.0502. The molecular weight excluding hydrogens is 186 g/mol. The van der Waals surface area contributed by atoms with Crippen LogP contribution in [0, 0.1) is 11.8 Å². The summed E-state index contributed by atoms with van der Waals surface area (Å²) in [5.41, 5.74) is -0.0502. The third-order valence-electron chi connectivity index (χ3n) is 4.72. The van der Waals surface area contributed by atoms with E-state index in [9.17, 15) is 4.79 Å². The first-order valence-corrected chi connectivity index (χ1v) is 6.31. The van der Waals surface area contributed by atoms with Crippen LogP contribution < -0.4 is 0 Å². The summed E-state index contributed by atoms with van der Waals surface area (Å²) >= 11 is 0. The number of likely N-dealkylation sites (tertiary alicyclic amines) is 1. The molecule has 1 saturated heterocycles. The molecule has 15 heavy (non-hydrogen) atoms. The molecule has 0 aromatic carbocycles. The summed E-state index contributed by atoms with van der Waals surface area (Å²) in [5, 5.41) is 0. The smallest absolute Gasteiger partial charge is 0.154 e. The van der Waals surface area contributed by atoms with Crippen LogP contribution in [0.2, 0.25) is 0 Å². The maximum absolute atomic E-state index is 12.0. The Hall–Kier alpha value is -0.370. The minimum Gasteiger partial charge on any atom is -0.298 e. The van der Waals surface area contributed by atoms with Crippen LogP contribution >= 0.6 is 0 Å². The summed E-state index contributed by atoms with van der Waals surface area (Å²) in [4.78, 5) is 14.3. The Kier molecular flexibility index (Phi) is 2.89. The molecule has 1 aliphatic carbocycles. The highest BCUT2D eigenvalue weighted by molar-refractivity contribution is 5.90. The normalized spacial score (nSPS) is 38.1. The zero-order valence-electron chi connectivity index (χ0n) is 10.3. The molecule has 1 saturated carbocycles. The third-order valence-corrected chi connectivity index (χ3v) is 4.72. The number of nitrogens with zero attached hydrogens (tertiary/aromatic N) is 1. The van der Waals surface area contributed by atoms with Gasteiger partial charge in [0.1, 0.15) is 0 Å². The predicted molar refractivity (Wildman–Crippen MR) is 61.8 cm³/mol. The first-order valence-electron chi connectivity index (χ1n) is 6.31. The van der Waals surface area contributed by atoms with Gasteiger partial charge >= 0.3 is 0 Å². The third kappa shape index (κ3) is 1.73. The van der Waals surface area contributed by atoms with Gasteiger partial charge in [-0.2, -0.15) is 0 Å². The van der Waals surface area contributed by atoms with E-state index in [1.807, 2.05) is 0 Å². The molecule has 0 aromatic heterocycles. The van der Waals surface area contributed by atoms with E-state index in [1.165, 1.54) is 12.8 Å². The van der Waals surface area contributed by atoms with Crippen LogP contribution in [0.5, 0.6) is 0 Å². The molecule has 2 aliphatic rings. The number of Topliss-reactive ketones (excluding diaryl/α,β-unsaturated/α-hetero) is 1. The van der Waals surface area contributed by atoms with Gasteiger partial charge in [-0.15, -0.1) is 0 Å². The van der Waals surface area contributed by atoms with Crippen molar-refractivity contribution in [3.63, 3.8) is 0 Å². The molecule has 0 amide bonds. The van der Waals surface area contributed by atoms with Crippen molar-refractivity contribution in [2.24, 2.45) is 11.8 Å². The average molecular weight is 209 g/mol. The maximum atomic E-state index is 12.0. The summed E-state index contributed by atoms with van der Waals surface area (Å²) in [6.45, 7) is 5.59. The van der Waals surface area contributed by atoms with Crippen molar-refractivity contribution in [3.05, 3.63) is 0 Å². The summed E-state index contributed by atoms with van der Waals surface area (Å²) in [5.74, 6) is 2.13. The first kappa shape index (κ1) is 11.1. The van der Waals surface area contributed by atoms with Gasteiger partial charge in [-0.1, -0.05) is 13.8 Å². The molecule has 0 radical (unpaired) electrons. The van der Waals surface area contributed by atoms with E-state index in [0.29, 0.717) is 5.78 Å². The number of ketones is 1. The van der Waals surface area contributed by atoms with Gasteiger partial charge in [0.2, 0.25) is 0 Å². The van der Waals surface area contributed by atoms with Crippen LogP contribution in [0.4, 0.5) is 0 Å². The molecule has 1 spiro atoms. The van der Waals surface area contributed by atoms with Gasteiger partial charge in [0.05, 0.1) is 5.54 Å². The average Bonchev–Trinajstić information content (AvgIpc) is 2.48. The van der Waals surface area contributed by atoms with E-state index in [4.69, 9.17) is 0 Å². The molecule has 0 N–H and O–H groups in total. The minimum absolute atomic E-state index is 0.0502. The van der Waals surface area contributed by atoms with Crippen LogP contribution in [0.25, 0.3) is 0 Å². The Morgan fingerprint density at radius 2 is 1.93 bits per heavy atom. The van der Waals surface area contributed by atoms with E-state index in [-0.39, 0.29) is 5.54 Å². The molecule has 2 nitrogen and oxygen atoms in total. The van der Waals surface area contributed by atoms with Crippen molar-refractivity contribution >= 4 is 5.78 Å². The number of likely N-dealkylation sites (N-methyl/N-ethyl adjacent to an activating group) is 1. The molecular formula is C13H23NO. The van der Waals surface area contributed by atoms with E-state index in [0.717, 1.165) is 37.6 Å². The van der Waals surface area contributed by atoms with Crippen LogP contribution in [0.15, 0.2) is 0 Å². The summed E-state index contributed by atoms with van der Waals surface area (Å²) in [7, 11) is 2.13. The lowest BCUT2D eigenvalue weighted by Crippen LogP contribution is -2.49. The predicted octanol–water partition coefficient (Wildman–Crippen LogP) is 2.48. The zero-order chi connectivity index (χ0) is 11.1. The lowest BCUT2D eigenvalue weighted by atomic mass is 9.71. The Morgan fingerprint density at radius 3 is 2.33 bits per heavy atom. The maximum Gasteiger partial charge on any atom is 0.154 e. The molecule has 86 valence electrons. The lowest BCUT2D eigenvalue weighted by molar-refractivity contribution is -0.127. The standard InChI is InChI=1S/C13H23NO/c1-10(2)11-4-7-13(8-5-11)12(15)6-9-14(13)3/h10-11H,4-9H2,1-3H3. The van der Waals surface area contributed by atoms with Crippen LogP contribution in [-0.4, -0.2) is 29.8 Å². The Balaban J connectivity index is 2.05. The number of rotatable bonds is 1. The highest BCUT2D eigenvalue weighted by Crippen LogP contribution is 2.42. The van der Waals surface area contributed by atoms with Gasteiger partial charge < -0.3 is 0 Å². The van der Waals surface area contributed by atoms with E-state index < -0.39 is 0 Å². The Bertz CT molecular complexity index is 251. The largest absolute Gasteiger partial charge is 0.298 e. The van der Waals surface area contributed by atoms with Crippen molar-refractivity contribution in [2.45, 2.75) is 51.5 Å². The quantitative estimate of drug-likeness (QED) is 0.661. The van der Waals surface area contributed by atoms with Crippen LogP contribution in [0.1, 0.15) is 46.0 Å². The topological polar surface area (TPSA) is 20.3 Å². The van der Waals surface area contributed by atoms with Gasteiger partial charge in [-0.25, -0.2) is 0 Å². The second-order valence-corrected chi connectivity index (χ2v) is 5.71. The first-order chi connectivity index (χ1) is 7.06. The SMILES string of the molecule is CC(C)C1CCC2(CC1)C(=O)CCN2C. The van der Waals surface area contributed by atoms with Gasteiger partial charge in [0.25, 0.3) is 0 Å². The van der Waals surface area contributed by atoms with Crippen molar-refractivity contribution in [3.8, 4) is 0 Å². The van der Waals surface area contributed by atoms with Crippen molar-refractivity contribution in [1.82, 2.24) is 4.90 Å². The molecule has 2 heteroatoms. The Labute approximate surface area is 93.0 Å². The van der Waals surface area contributed by atoms with Gasteiger partial charge in [-0.3, -0.25) is 9.69 Å². The Morgan fingerprint density at radius 1 is 1.33 bits per heavy atom. The van der Waals surface area contributed by atoms with Crippen molar-refractivity contribution < 1.29 is 4.79 Å². The van der Waals surface area contributed by atoms with Gasteiger partial charge in [0.15, 0.2) is 5.78 Å². The summed E-state index contributed by atoms with van der Waals surface area (Å²) < 4.78 is 0. The highest BCUT2D eigenvalue weighted by atomic mass is 16.1. The molecule has 0 atom stereocenters. The van der Waals surface area contributed by atoms with Crippen molar-refractivity contribution in [1.29, 1.82) is 0 Å². The van der Waals surface area contributed by atoms with Crippen molar-refractivity contribution in [2.75, 3.05) is 13.6 Å². The van der Waals surface area contributed by atoms with E-state index in [1.54, 1.807) is 0 Å². The molecule has 1 aliphatic heterocycles. The van der Waals surface area contributed by atoms with E-state index >= 15 is 0 Å². The number of hydrogen-bond acceptors (Lipinski definition) is 2. The monoisotopic (exact) mass is 209 g/mol. The van der Waals surface area contributed by atoms with Gasteiger partial charge in [0, 0.05) is 13.0 Å². The zero-order valence-corrected chi connectivity index (χ0v) is 10.3. The van der Waals surface area contributed by atoms with E-state index in [2.05, 4.69) is 25.8 Å². The second kappa shape index (κ2) is 3.89. The number of hydrogen-bond donors (Lipinski definition) is 0. The fourth-order valence-electron chi connectivity index (χ4n) is 3.37. The summed E-state index contributed by atoms with van der Waals surface area (Å²) in [6, 6.07) is 0. The molecule has 0 unspecified atom stereocenters. The fraction of sp³-hybridized carbons (Fsp3) is 0.923. The number of carbonyl (C=O) groups is 1. The van der Waals surface area contributed by atoms with Crippen LogP contribution in [-0.2, 0) is 4.79 Å². The second-order valence-electron chi connectivity index (χ2n) is 5.71. The van der Waals surface area contributed by atoms with Gasteiger partial charge in [-0.05, 0) is 44.6 Å².